The molecule has 160 valence electrons. The topological polar surface area (TPSA) is 90.4 Å². The number of ether oxygens (including phenoxy) is 1. The van der Waals surface area contributed by atoms with Crippen LogP contribution < -0.4 is 4.90 Å². The highest BCUT2D eigenvalue weighted by molar-refractivity contribution is 7.17. The number of thiophene rings is 1. The number of nitrogens with zero attached hydrogens (tertiary/aromatic N) is 3. The molecule has 9 heteroatoms. The number of methoxy groups -OCH3 is 1. The fraction of sp³-hybridized carbons (Fsp3) is 0.650. The van der Waals surface area contributed by atoms with E-state index in [1.54, 1.807) is 24.0 Å². The third-order valence-electron chi connectivity index (χ3n) is 5.33. The summed E-state index contributed by atoms with van der Waals surface area (Å²) in [6.07, 6.45) is -0.0549. The number of hydrogen-bond donors (Lipinski definition) is 1. The first-order valence-corrected chi connectivity index (χ1v) is 10.7. The molecule has 0 aliphatic carbocycles. The standard InChI is InChI=1S/C20H29N3O5S/c1-12(2)9-14(24)18(26)22-6-5-13-15(10-22)29-20-17(13)19(27)21(3)11-16(25)23(20)7-8-28-4/h12,14,24H,5-11H2,1-4H3. The largest absolute Gasteiger partial charge is 0.383 e. The van der Waals surface area contributed by atoms with Crippen molar-refractivity contribution >= 4 is 34.1 Å². The maximum absolute atomic E-state index is 13.0. The van der Waals surface area contributed by atoms with Crippen molar-refractivity contribution in [3.63, 3.8) is 0 Å². The Bertz CT molecular complexity index is 806. The lowest BCUT2D eigenvalue weighted by Gasteiger charge is -2.29. The molecule has 1 aromatic heterocycles. The molecule has 0 bridgehead atoms. The SMILES string of the molecule is COCCN1C(=O)CN(C)C(=O)c2c1sc1c2CCN(C(=O)C(O)CC(C)C)C1. The van der Waals surface area contributed by atoms with Gasteiger partial charge in [-0.25, -0.2) is 0 Å². The van der Waals surface area contributed by atoms with E-state index in [9.17, 15) is 19.5 Å². The van der Waals surface area contributed by atoms with Gasteiger partial charge < -0.3 is 19.6 Å². The van der Waals surface area contributed by atoms with E-state index >= 15 is 0 Å². The Hall–Kier alpha value is -1.97. The highest BCUT2D eigenvalue weighted by Crippen LogP contribution is 2.41. The van der Waals surface area contributed by atoms with Crippen LogP contribution >= 0.6 is 11.3 Å². The quantitative estimate of drug-likeness (QED) is 0.740. The maximum Gasteiger partial charge on any atom is 0.257 e. The molecule has 1 N–H and O–H groups in total. The highest BCUT2D eigenvalue weighted by atomic mass is 32.1. The minimum Gasteiger partial charge on any atom is -0.383 e. The number of fused-ring (bicyclic) bond motifs is 3. The molecule has 1 aromatic rings. The monoisotopic (exact) mass is 423 g/mol. The second-order valence-electron chi connectivity index (χ2n) is 8.04. The summed E-state index contributed by atoms with van der Waals surface area (Å²) >= 11 is 1.39. The average molecular weight is 424 g/mol. The number of aliphatic hydroxyl groups excluding tert-OH is 1. The van der Waals surface area contributed by atoms with Gasteiger partial charge in [0, 0.05) is 25.6 Å². The first kappa shape index (κ1) is 21.7. The van der Waals surface area contributed by atoms with Gasteiger partial charge in [-0.05, 0) is 24.3 Å². The minimum atomic E-state index is -1.01. The molecular weight excluding hydrogens is 394 g/mol. The first-order chi connectivity index (χ1) is 13.7. The van der Waals surface area contributed by atoms with Crippen LogP contribution in [0.4, 0.5) is 5.00 Å². The number of rotatable bonds is 6. The number of likely N-dealkylation sites (N-methyl/N-ethyl adjacent to an activating group) is 1. The molecule has 0 saturated heterocycles. The Labute approximate surface area is 175 Å². The Balaban J connectivity index is 1.91. The molecule has 3 amide bonds. The van der Waals surface area contributed by atoms with E-state index in [-0.39, 0.29) is 30.2 Å². The zero-order valence-corrected chi connectivity index (χ0v) is 18.3. The second-order valence-corrected chi connectivity index (χ2v) is 9.12. The summed E-state index contributed by atoms with van der Waals surface area (Å²) in [5.74, 6) is -0.356. The van der Waals surface area contributed by atoms with Gasteiger partial charge in [0.15, 0.2) is 0 Å². The Morgan fingerprint density at radius 1 is 1.28 bits per heavy atom. The van der Waals surface area contributed by atoms with E-state index in [1.165, 1.54) is 16.2 Å². The molecule has 0 fully saturated rings. The van der Waals surface area contributed by atoms with E-state index < -0.39 is 6.10 Å². The molecule has 2 aliphatic rings. The Morgan fingerprint density at radius 3 is 2.66 bits per heavy atom. The van der Waals surface area contributed by atoms with Crippen LogP contribution in [0, 0.1) is 5.92 Å². The maximum atomic E-state index is 13.0. The lowest BCUT2D eigenvalue weighted by Crippen LogP contribution is -2.42. The van der Waals surface area contributed by atoms with Crippen molar-refractivity contribution in [2.24, 2.45) is 5.92 Å². The third kappa shape index (κ3) is 4.31. The summed E-state index contributed by atoms with van der Waals surface area (Å²) < 4.78 is 5.14. The zero-order chi connectivity index (χ0) is 21.3. The first-order valence-electron chi connectivity index (χ1n) is 9.90. The summed E-state index contributed by atoms with van der Waals surface area (Å²) in [6, 6.07) is 0. The molecule has 8 nitrogen and oxygen atoms in total. The van der Waals surface area contributed by atoms with Gasteiger partial charge in [0.2, 0.25) is 5.91 Å². The van der Waals surface area contributed by atoms with Gasteiger partial charge in [-0.2, -0.15) is 0 Å². The van der Waals surface area contributed by atoms with E-state index in [2.05, 4.69) is 0 Å². The fourth-order valence-corrected chi connectivity index (χ4v) is 5.22. The molecule has 0 saturated carbocycles. The van der Waals surface area contributed by atoms with Crippen LogP contribution in [0.5, 0.6) is 0 Å². The predicted octanol–water partition coefficient (Wildman–Crippen LogP) is 1.10. The van der Waals surface area contributed by atoms with Crippen molar-refractivity contribution in [1.29, 1.82) is 0 Å². The van der Waals surface area contributed by atoms with Gasteiger partial charge in [-0.3, -0.25) is 19.3 Å². The number of anilines is 1. The molecule has 3 rings (SSSR count). The Kier molecular flexibility index (Phi) is 6.60. The van der Waals surface area contributed by atoms with Crippen LogP contribution in [0.1, 0.15) is 41.1 Å². The van der Waals surface area contributed by atoms with Crippen molar-refractivity contribution in [3.8, 4) is 0 Å². The van der Waals surface area contributed by atoms with Crippen molar-refractivity contribution in [2.75, 3.05) is 45.3 Å². The summed E-state index contributed by atoms with van der Waals surface area (Å²) in [5.41, 5.74) is 1.49. The van der Waals surface area contributed by atoms with E-state index in [0.29, 0.717) is 49.6 Å². The van der Waals surface area contributed by atoms with Crippen LogP contribution in [0.25, 0.3) is 0 Å². The summed E-state index contributed by atoms with van der Waals surface area (Å²) in [5, 5.41) is 10.9. The summed E-state index contributed by atoms with van der Waals surface area (Å²) in [7, 11) is 3.21. The zero-order valence-electron chi connectivity index (χ0n) is 17.4. The summed E-state index contributed by atoms with van der Waals surface area (Å²) in [6.45, 7) is 5.52. The third-order valence-corrected chi connectivity index (χ3v) is 6.57. The van der Waals surface area contributed by atoms with Crippen LogP contribution in [-0.2, 0) is 27.3 Å². The number of aliphatic hydroxyl groups is 1. The van der Waals surface area contributed by atoms with Crippen LogP contribution in [0.2, 0.25) is 0 Å². The average Bonchev–Trinajstić information content (AvgIpc) is 3.00. The summed E-state index contributed by atoms with van der Waals surface area (Å²) in [4.78, 5) is 44.0. The van der Waals surface area contributed by atoms with Crippen molar-refractivity contribution in [3.05, 3.63) is 16.0 Å². The molecule has 0 spiro atoms. The van der Waals surface area contributed by atoms with Gasteiger partial charge >= 0.3 is 0 Å². The minimum absolute atomic E-state index is 0.0325. The normalized spacial score (nSPS) is 18.1. The van der Waals surface area contributed by atoms with Gasteiger partial charge in [-0.1, -0.05) is 13.8 Å². The second kappa shape index (κ2) is 8.81. The van der Waals surface area contributed by atoms with Crippen molar-refractivity contribution < 1.29 is 24.2 Å². The van der Waals surface area contributed by atoms with Crippen molar-refractivity contribution in [1.82, 2.24) is 9.80 Å². The lowest BCUT2D eigenvalue weighted by atomic mass is 10.00. The van der Waals surface area contributed by atoms with Gasteiger partial charge in [0.1, 0.15) is 17.6 Å². The molecule has 0 radical (unpaired) electrons. The molecule has 0 aromatic carbocycles. The molecule has 29 heavy (non-hydrogen) atoms. The molecule has 1 atom stereocenters. The van der Waals surface area contributed by atoms with Crippen LogP contribution in [0.15, 0.2) is 0 Å². The molecule has 2 aliphatic heterocycles. The van der Waals surface area contributed by atoms with Gasteiger partial charge in [0.05, 0.1) is 25.3 Å². The fourth-order valence-electron chi connectivity index (χ4n) is 3.82. The number of amides is 3. The van der Waals surface area contributed by atoms with E-state index in [1.807, 2.05) is 13.8 Å². The molecule has 3 heterocycles. The highest BCUT2D eigenvalue weighted by Gasteiger charge is 2.37. The smallest absolute Gasteiger partial charge is 0.257 e. The number of hydrogen-bond acceptors (Lipinski definition) is 6. The number of carbonyl (C=O) groups excluding carboxylic acids is 3. The van der Waals surface area contributed by atoms with Gasteiger partial charge in [-0.15, -0.1) is 11.3 Å². The van der Waals surface area contributed by atoms with Gasteiger partial charge in [0.25, 0.3) is 11.8 Å². The molecule has 1 unspecified atom stereocenters. The van der Waals surface area contributed by atoms with Crippen molar-refractivity contribution in [2.45, 2.75) is 39.3 Å². The Morgan fingerprint density at radius 2 is 2.00 bits per heavy atom. The molecular formula is C20H29N3O5S. The number of carbonyl (C=O) groups is 3. The lowest BCUT2D eigenvalue weighted by molar-refractivity contribution is -0.141. The van der Waals surface area contributed by atoms with Crippen LogP contribution in [0.3, 0.4) is 0 Å². The van der Waals surface area contributed by atoms with E-state index in [4.69, 9.17) is 4.74 Å². The predicted molar refractivity (Wildman–Crippen MR) is 110 cm³/mol. The van der Waals surface area contributed by atoms with Crippen LogP contribution in [-0.4, -0.2) is 79.1 Å². The van der Waals surface area contributed by atoms with E-state index in [0.717, 1.165) is 10.4 Å².